The first kappa shape index (κ1) is 9.26. The molecule has 11 heavy (non-hydrogen) atoms. The van der Waals surface area contributed by atoms with Gasteiger partial charge >= 0.3 is 0 Å². The van der Waals surface area contributed by atoms with E-state index in [1.807, 2.05) is 0 Å². The van der Waals surface area contributed by atoms with Gasteiger partial charge in [0.25, 0.3) is 0 Å². The van der Waals surface area contributed by atoms with Gasteiger partial charge in [-0.15, -0.1) is 0 Å². The molecule has 0 aromatic heterocycles. The minimum absolute atomic E-state index is 0.0145. The molecule has 0 radical (unpaired) electrons. The predicted octanol–water partition coefficient (Wildman–Crippen LogP) is 2.02. The standard InChI is InChI=1S/C7H8Br2O2/c1-11-5-3-2-4(8)6(9)7(5)10/h3-4,6H,2H2,1H3. The minimum Gasteiger partial charge on any atom is -0.493 e. The molecule has 0 heterocycles. The molecule has 0 bridgehead atoms. The second kappa shape index (κ2) is 3.72. The Balaban J connectivity index is 2.79. The second-order valence-electron chi connectivity index (χ2n) is 2.29. The van der Waals surface area contributed by atoms with Gasteiger partial charge in [-0.1, -0.05) is 31.9 Å². The molecule has 1 rings (SSSR count). The van der Waals surface area contributed by atoms with E-state index in [9.17, 15) is 4.79 Å². The highest BCUT2D eigenvalue weighted by Gasteiger charge is 2.30. The first-order valence-electron chi connectivity index (χ1n) is 3.23. The van der Waals surface area contributed by atoms with Crippen LogP contribution in [0.15, 0.2) is 11.8 Å². The van der Waals surface area contributed by atoms with E-state index in [1.54, 1.807) is 6.08 Å². The van der Waals surface area contributed by atoms with Crippen LogP contribution in [0.25, 0.3) is 0 Å². The van der Waals surface area contributed by atoms with Gasteiger partial charge in [0.1, 0.15) is 0 Å². The molecule has 1 aliphatic carbocycles. The molecule has 2 atom stereocenters. The Labute approximate surface area is 82.2 Å². The first-order chi connectivity index (χ1) is 5.16. The fourth-order valence-electron chi connectivity index (χ4n) is 0.924. The lowest BCUT2D eigenvalue weighted by atomic mass is 10.0. The first-order valence-corrected chi connectivity index (χ1v) is 5.06. The average molecular weight is 284 g/mol. The predicted molar refractivity (Wildman–Crippen MR) is 50.1 cm³/mol. The number of hydrogen-bond donors (Lipinski definition) is 0. The van der Waals surface area contributed by atoms with Crippen molar-refractivity contribution in [3.05, 3.63) is 11.8 Å². The Morgan fingerprint density at radius 1 is 1.64 bits per heavy atom. The summed E-state index contributed by atoms with van der Waals surface area (Å²) in [6.45, 7) is 0. The Hall–Kier alpha value is 0.170. The molecular formula is C7H8Br2O2. The Bertz CT molecular complexity index is 201. The SMILES string of the molecule is COC1=CCC(Br)C(Br)C1=O. The smallest absolute Gasteiger partial charge is 0.211 e. The monoisotopic (exact) mass is 282 g/mol. The molecule has 0 saturated heterocycles. The third-order valence-electron chi connectivity index (χ3n) is 1.56. The van der Waals surface area contributed by atoms with Crippen LogP contribution >= 0.6 is 31.9 Å². The molecule has 0 amide bonds. The zero-order valence-corrected chi connectivity index (χ0v) is 9.18. The third-order valence-corrected chi connectivity index (χ3v) is 4.23. The zero-order chi connectivity index (χ0) is 8.43. The molecule has 62 valence electrons. The molecule has 1 aliphatic rings. The lowest BCUT2D eigenvalue weighted by Crippen LogP contribution is -2.29. The molecule has 2 nitrogen and oxygen atoms in total. The van der Waals surface area contributed by atoms with Gasteiger partial charge in [-0.05, 0) is 12.5 Å². The number of carbonyl (C=O) groups excluding carboxylic acids is 1. The van der Waals surface area contributed by atoms with E-state index >= 15 is 0 Å². The van der Waals surface area contributed by atoms with Crippen molar-refractivity contribution in [2.24, 2.45) is 0 Å². The molecule has 0 fully saturated rings. The van der Waals surface area contributed by atoms with Crippen molar-refractivity contribution in [3.63, 3.8) is 0 Å². The summed E-state index contributed by atoms with van der Waals surface area (Å²) in [5.74, 6) is 0.475. The summed E-state index contributed by atoms with van der Waals surface area (Å²) in [6, 6.07) is 0. The molecule has 0 N–H and O–H groups in total. The number of alkyl halides is 2. The fourth-order valence-corrected chi connectivity index (χ4v) is 1.79. The quantitative estimate of drug-likeness (QED) is 0.688. The van der Waals surface area contributed by atoms with E-state index in [4.69, 9.17) is 4.74 Å². The number of ketones is 1. The van der Waals surface area contributed by atoms with Crippen molar-refractivity contribution in [1.29, 1.82) is 0 Å². The molecular weight excluding hydrogens is 276 g/mol. The van der Waals surface area contributed by atoms with Crippen LogP contribution in [0.2, 0.25) is 0 Å². The van der Waals surface area contributed by atoms with Gasteiger partial charge < -0.3 is 4.74 Å². The summed E-state index contributed by atoms with van der Waals surface area (Å²) in [5, 5.41) is 0. The van der Waals surface area contributed by atoms with E-state index in [1.165, 1.54) is 7.11 Å². The zero-order valence-electron chi connectivity index (χ0n) is 6.01. The number of halogens is 2. The number of carbonyl (C=O) groups is 1. The van der Waals surface area contributed by atoms with Crippen LogP contribution in [0.3, 0.4) is 0 Å². The maximum Gasteiger partial charge on any atom is 0.211 e. The average Bonchev–Trinajstić information content (AvgIpc) is 2.01. The summed E-state index contributed by atoms with van der Waals surface area (Å²) in [4.78, 5) is 11.3. The van der Waals surface area contributed by atoms with Crippen LogP contribution in [0.4, 0.5) is 0 Å². The molecule has 0 spiro atoms. The largest absolute Gasteiger partial charge is 0.493 e. The summed E-state index contributed by atoms with van der Waals surface area (Å²) < 4.78 is 4.88. The molecule has 4 heteroatoms. The summed E-state index contributed by atoms with van der Waals surface area (Å²) in [6.07, 6.45) is 2.63. The maximum atomic E-state index is 11.3. The van der Waals surface area contributed by atoms with Gasteiger partial charge in [0, 0.05) is 4.83 Å². The van der Waals surface area contributed by atoms with Gasteiger partial charge in [0.15, 0.2) is 5.76 Å². The van der Waals surface area contributed by atoms with Gasteiger partial charge in [-0.3, -0.25) is 4.79 Å². The molecule has 0 aliphatic heterocycles. The van der Waals surface area contributed by atoms with Gasteiger partial charge in [-0.2, -0.15) is 0 Å². The van der Waals surface area contributed by atoms with Crippen molar-refractivity contribution in [1.82, 2.24) is 0 Å². The van der Waals surface area contributed by atoms with Crippen LogP contribution in [0.5, 0.6) is 0 Å². The number of rotatable bonds is 1. The van der Waals surface area contributed by atoms with Crippen LogP contribution in [-0.2, 0) is 9.53 Å². The number of allylic oxidation sites excluding steroid dienone is 2. The normalized spacial score (nSPS) is 31.5. The van der Waals surface area contributed by atoms with Crippen LogP contribution in [0, 0.1) is 0 Å². The van der Waals surface area contributed by atoms with Gasteiger partial charge in [0.05, 0.1) is 11.9 Å². The van der Waals surface area contributed by atoms with Crippen molar-refractivity contribution in [2.45, 2.75) is 16.1 Å². The van der Waals surface area contributed by atoms with Crippen LogP contribution in [-0.4, -0.2) is 22.5 Å². The Morgan fingerprint density at radius 2 is 2.27 bits per heavy atom. The van der Waals surface area contributed by atoms with Crippen LogP contribution < -0.4 is 0 Å². The highest BCUT2D eigenvalue weighted by atomic mass is 79.9. The highest BCUT2D eigenvalue weighted by Crippen LogP contribution is 2.27. The van der Waals surface area contributed by atoms with E-state index in [-0.39, 0.29) is 15.4 Å². The third kappa shape index (κ3) is 1.85. The van der Waals surface area contributed by atoms with E-state index in [0.29, 0.717) is 5.76 Å². The molecule has 2 unspecified atom stereocenters. The van der Waals surface area contributed by atoms with E-state index in [2.05, 4.69) is 31.9 Å². The minimum atomic E-state index is -0.151. The highest BCUT2D eigenvalue weighted by molar-refractivity contribution is 9.12. The summed E-state index contributed by atoms with van der Waals surface area (Å²) >= 11 is 6.67. The summed E-state index contributed by atoms with van der Waals surface area (Å²) in [5.41, 5.74) is 0. The lowest BCUT2D eigenvalue weighted by Gasteiger charge is -2.20. The molecule has 0 aromatic carbocycles. The van der Waals surface area contributed by atoms with Crippen molar-refractivity contribution < 1.29 is 9.53 Å². The number of Topliss-reactive ketones (excluding diaryl/α,β-unsaturated/α-hetero) is 1. The van der Waals surface area contributed by atoms with Crippen molar-refractivity contribution in [2.75, 3.05) is 7.11 Å². The van der Waals surface area contributed by atoms with E-state index in [0.717, 1.165) is 6.42 Å². The molecule has 0 aromatic rings. The number of ether oxygens (including phenoxy) is 1. The number of hydrogen-bond acceptors (Lipinski definition) is 2. The Morgan fingerprint density at radius 3 is 2.82 bits per heavy atom. The van der Waals surface area contributed by atoms with Crippen molar-refractivity contribution >= 4 is 37.6 Å². The topological polar surface area (TPSA) is 26.3 Å². The maximum absolute atomic E-state index is 11.3. The summed E-state index contributed by atoms with van der Waals surface area (Å²) in [7, 11) is 1.51. The Kier molecular flexibility index (Phi) is 3.13. The van der Waals surface area contributed by atoms with E-state index < -0.39 is 0 Å². The van der Waals surface area contributed by atoms with Gasteiger partial charge in [-0.25, -0.2) is 0 Å². The molecule has 0 saturated carbocycles. The number of methoxy groups -OCH3 is 1. The second-order valence-corrected chi connectivity index (χ2v) is 4.45. The van der Waals surface area contributed by atoms with Crippen molar-refractivity contribution in [3.8, 4) is 0 Å². The van der Waals surface area contributed by atoms with Gasteiger partial charge in [0.2, 0.25) is 5.78 Å². The van der Waals surface area contributed by atoms with Crippen LogP contribution in [0.1, 0.15) is 6.42 Å². The fraction of sp³-hybridized carbons (Fsp3) is 0.571. The lowest BCUT2D eigenvalue weighted by molar-refractivity contribution is -0.118.